The molecule has 0 aromatic heterocycles. The van der Waals surface area contributed by atoms with Gasteiger partial charge in [-0.25, -0.2) is 0 Å². The van der Waals surface area contributed by atoms with Gasteiger partial charge in [0.15, 0.2) is 0 Å². The molecule has 4 rings (SSSR count). The van der Waals surface area contributed by atoms with Gasteiger partial charge in [-0.1, -0.05) is 31.0 Å². The Hall–Kier alpha value is -1.02. The molecule has 4 unspecified atom stereocenters. The Morgan fingerprint density at radius 3 is 2.65 bits per heavy atom. The molecule has 2 saturated carbocycles. The molecule has 1 aromatic rings. The maximum Gasteiger partial charge on any atom is 0.122 e. The molecule has 2 heteroatoms. The van der Waals surface area contributed by atoms with Crippen LogP contribution in [0.15, 0.2) is 24.3 Å². The number of nitrogens with two attached hydrogens (primary N) is 1. The Labute approximate surface area is 121 Å². The van der Waals surface area contributed by atoms with Crippen molar-refractivity contribution in [3.63, 3.8) is 0 Å². The molecule has 0 radical (unpaired) electrons. The number of para-hydroxylation sites is 1. The fourth-order valence-corrected chi connectivity index (χ4v) is 4.83. The van der Waals surface area contributed by atoms with E-state index in [0.717, 1.165) is 43.0 Å². The van der Waals surface area contributed by atoms with Crippen LogP contribution >= 0.6 is 0 Å². The van der Waals surface area contributed by atoms with Gasteiger partial charge in [0.1, 0.15) is 5.75 Å². The zero-order chi connectivity index (χ0) is 13.5. The first-order chi connectivity index (χ1) is 9.84. The van der Waals surface area contributed by atoms with Crippen molar-refractivity contribution in [2.24, 2.45) is 23.5 Å². The van der Waals surface area contributed by atoms with Gasteiger partial charge < -0.3 is 10.5 Å². The monoisotopic (exact) mass is 271 g/mol. The second-order valence-electron chi connectivity index (χ2n) is 6.96. The topological polar surface area (TPSA) is 35.2 Å². The molecule has 0 amide bonds. The van der Waals surface area contributed by atoms with Crippen LogP contribution in [0.1, 0.15) is 50.0 Å². The third-order valence-electron chi connectivity index (χ3n) is 5.86. The van der Waals surface area contributed by atoms with Crippen LogP contribution in [-0.4, -0.2) is 12.6 Å². The van der Waals surface area contributed by atoms with Crippen molar-refractivity contribution in [2.75, 3.05) is 6.61 Å². The van der Waals surface area contributed by atoms with E-state index >= 15 is 0 Å². The molecule has 2 nitrogen and oxygen atoms in total. The second-order valence-corrected chi connectivity index (χ2v) is 6.96. The van der Waals surface area contributed by atoms with Crippen molar-refractivity contribution in [3.8, 4) is 5.75 Å². The number of rotatable bonds is 3. The molecular formula is C18H25NO. The van der Waals surface area contributed by atoms with Gasteiger partial charge >= 0.3 is 0 Å². The average molecular weight is 271 g/mol. The van der Waals surface area contributed by atoms with Crippen molar-refractivity contribution in [1.82, 2.24) is 0 Å². The lowest BCUT2D eigenvalue weighted by molar-refractivity contribution is 0.255. The maximum absolute atomic E-state index is 6.59. The summed E-state index contributed by atoms with van der Waals surface area (Å²) in [5.41, 5.74) is 7.97. The van der Waals surface area contributed by atoms with E-state index in [2.05, 4.69) is 24.3 Å². The summed E-state index contributed by atoms with van der Waals surface area (Å²) >= 11 is 0. The largest absolute Gasteiger partial charge is 0.493 e. The molecule has 0 saturated heterocycles. The number of hydrogen-bond acceptors (Lipinski definition) is 2. The minimum Gasteiger partial charge on any atom is -0.493 e. The molecule has 3 aliphatic rings. The van der Waals surface area contributed by atoms with Gasteiger partial charge in [0.2, 0.25) is 0 Å². The van der Waals surface area contributed by atoms with Gasteiger partial charge in [-0.3, -0.25) is 0 Å². The van der Waals surface area contributed by atoms with Crippen LogP contribution in [0.4, 0.5) is 0 Å². The normalized spacial score (nSPS) is 36.5. The van der Waals surface area contributed by atoms with E-state index in [1.54, 1.807) is 0 Å². The maximum atomic E-state index is 6.59. The Balaban J connectivity index is 1.45. The van der Waals surface area contributed by atoms with Crippen LogP contribution in [0.3, 0.4) is 0 Å². The molecule has 20 heavy (non-hydrogen) atoms. The minimum atomic E-state index is 0.402. The summed E-state index contributed by atoms with van der Waals surface area (Å²) in [5.74, 6) is 4.46. The average Bonchev–Trinajstić information content (AvgIpc) is 3.22. The van der Waals surface area contributed by atoms with Gasteiger partial charge in [0.25, 0.3) is 0 Å². The molecule has 1 heterocycles. The predicted octanol–water partition coefficient (Wildman–Crippen LogP) is 3.71. The number of benzene rings is 1. The van der Waals surface area contributed by atoms with E-state index in [4.69, 9.17) is 10.5 Å². The highest BCUT2D eigenvalue weighted by atomic mass is 16.5. The lowest BCUT2D eigenvalue weighted by Gasteiger charge is -2.28. The van der Waals surface area contributed by atoms with Crippen molar-refractivity contribution in [2.45, 2.75) is 50.5 Å². The zero-order valence-electron chi connectivity index (χ0n) is 12.1. The molecule has 1 aromatic carbocycles. The summed E-state index contributed by atoms with van der Waals surface area (Å²) in [4.78, 5) is 0. The summed E-state index contributed by atoms with van der Waals surface area (Å²) in [6.45, 7) is 0.853. The first-order valence-corrected chi connectivity index (χ1v) is 8.32. The first kappa shape index (κ1) is 12.7. The summed E-state index contributed by atoms with van der Waals surface area (Å²) in [6.07, 6.45) is 8.03. The van der Waals surface area contributed by atoms with Crippen molar-refractivity contribution in [1.29, 1.82) is 0 Å². The quantitative estimate of drug-likeness (QED) is 0.909. The fraction of sp³-hybridized carbons (Fsp3) is 0.667. The SMILES string of the molecule is NC(CC1CCOc2ccccc21)C1C2CCCCC21. The molecule has 2 fully saturated rings. The van der Waals surface area contributed by atoms with Gasteiger partial charge in [-0.2, -0.15) is 0 Å². The number of fused-ring (bicyclic) bond motifs is 2. The summed E-state index contributed by atoms with van der Waals surface area (Å²) < 4.78 is 5.77. The summed E-state index contributed by atoms with van der Waals surface area (Å²) in [5, 5.41) is 0. The minimum absolute atomic E-state index is 0.402. The Morgan fingerprint density at radius 2 is 1.85 bits per heavy atom. The fourth-order valence-electron chi connectivity index (χ4n) is 4.83. The third kappa shape index (κ3) is 2.14. The number of ether oxygens (including phenoxy) is 1. The zero-order valence-corrected chi connectivity index (χ0v) is 12.1. The van der Waals surface area contributed by atoms with Crippen molar-refractivity contribution < 1.29 is 4.74 Å². The van der Waals surface area contributed by atoms with E-state index in [1.165, 1.54) is 31.2 Å². The standard InChI is InChI=1S/C18H25NO/c19-16(18-14-6-1-2-7-15(14)18)11-12-9-10-20-17-8-4-3-5-13(12)17/h3-5,8,12,14-16,18H,1-2,6-7,9-11,19H2. The van der Waals surface area contributed by atoms with Crippen LogP contribution in [-0.2, 0) is 0 Å². The predicted molar refractivity (Wildman–Crippen MR) is 80.8 cm³/mol. The summed E-state index contributed by atoms with van der Waals surface area (Å²) in [6, 6.07) is 8.93. The highest BCUT2D eigenvalue weighted by Crippen LogP contribution is 2.57. The smallest absolute Gasteiger partial charge is 0.122 e. The molecule has 4 atom stereocenters. The Bertz CT molecular complexity index is 474. The van der Waals surface area contributed by atoms with E-state index in [1.807, 2.05) is 0 Å². The highest BCUT2D eigenvalue weighted by molar-refractivity contribution is 5.37. The van der Waals surface area contributed by atoms with Crippen molar-refractivity contribution >= 4 is 0 Å². The second kappa shape index (κ2) is 5.07. The van der Waals surface area contributed by atoms with E-state index in [-0.39, 0.29) is 0 Å². The first-order valence-electron chi connectivity index (χ1n) is 8.32. The Morgan fingerprint density at radius 1 is 1.10 bits per heavy atom. The molecule has 0 bridgehead atoms. The third-order valence-corrected chi connectivity index (χ3v) is 5.86. The summed E-state index contributed by atoms with van der Waals surface area (Å²) in [7, 11) is 0. The molecule has 0 spiro atoms. The van der Waals surface area contributed by atoms with Gasteiger partial charge in [-0.15, -0.1) is 0 Å². The molecule has 2 aliphatic carbocycles. The molecule has 108 valence electrons. The molecular weight excluding hydrogens is 246 g/mol. The van der Waals surface area contributed by atoms with Crippen LogP contribution in [0.25, 0.3) is 0 Å². The van der Waals surface area contributed by atoms with E-state index < -0.39 is 0 Å². The Kier molecular flexibility index (Phi) is 3.22. The lowest BCUT2D eigenvalue weighted by atomic mass is 9.86. The van der Waals surface area contributed by atoms with Crippen LogP contribution in [0.5, 0.6) is 5.75 Å². The van der Waals surface area contributed by atoms with Gasteiger partial charge in [-0.05, 0) is 61.0 Å². The number of hydrogen-bond donors (Lipinski definition) is 1. The lowest BCUT2D eigenvalue weighted by Crippen LogP contribution is -2.28. The van der Waals surface area contributed by atoms with Gasteiger partial charge in [0, 0.05) is 6.04 Å². The molecule has 1 aliphatic heterocycles. The van der Waals surface area contributed by atoms with Gasteiger partial charge in [0.05, 0.1) is 6.61 Å². The highest BCUT2D eigenvalue weighted by Gasteiger charge is 2.53. The van der Waals surface area contributed by atoms with E-state index in [0.29, 0.717) is 12.0 Å². The van der Waals surface area contributed by atoms with Crippen molar-refractivity contribution in [3.05, 3.63) is 29.8 Å². The van der Waals surface area contributed by atoms with Crippen LogP contribution < -0.4 is 10.5 Å². The molecule has 2 N–H and O–H groups in total. The van der Waals surface area contributed by atoms with Crippen LogP contribution in [0.2, 0.25) is 0 Å². The van der Waals surface area contributed by atoms with Crippen LogP contribution in [0, 0.1) is 17.8 Å². The van der Waals surface area contributed by atoms with E-state index in [9.17, 15) is 0 Å².